The quantitative estimate of drug-likeness (QED) is 0.461. The number of carbonyl (C=O) groups excluding carboxylic acids is 1. The molecule has 2 aromatic rings. The van der Waals surface area contributed by atoms with Crippen molar-refractivity contribution in [2.45, 2.75) is 32.3 Å². The lowest BCUT2D eigenvalue weighted by molar-refractivity contribution is -0.134. The number of phenolic OH excluding ortho intramolecular Hbond substituents is 1. The first-order chi connectivity index (χ1) is 16.3. The van der Waals surface area contributed by atoms with E-state index >= 15 is 0 Å². The summed E-state index contributed by atoms with van der Waals surface area (Å²) in [7, 11) is 0. The van der Waals surface area contributed by atoms with Crippen molar-refractivity contribution in [1.82, 2.24) is 4.90 Å². The van der Waals surface area contributed by atoms with Crippen LogP contribution in [0.25, 0.3) is 0 Å². The number of nitrogens with one attached hydrogen (secondary N) is 1. The zero-order chi connectivity index (χ0) is 24.5. The number of aromatic hydroxyl groups is 1. The molecule has 2 aliphatic heterocycles. The van der Waals surface area contributed by atoms with Gasteiger partial charge in [0.05, 0.1) is 13.0 Å². The topological polar surface area (TPSA) is 129 Å². The number of aliphatic carboxylic acids is 1. The van der Waals surface area contributed by atoms with Crippen LogP contribution < -0.4 is 14.8 Å². The smallest absolute Gasteiger partial charge is 0.300 e. The Morgan fingerprint density at radius 1 is 1.15 bits per heavy atom. The van der Waals surface area contributed by atoms with E-state index in [1.807, 2.05) is 18.2 Å². The van der Waals surface area contributed by atoms with Crippen molar-refractivity contribution in [3.05, 3.63) is 48.0 Å². The number of phenols is 1. The number of hydrogen-bond donors (Lipinski definition) is 4. The van der Waals surface area contributed by atoms with Gasteiger partial charge in [-0.3, -0.25) is 9.59 Å². The van der Waals surface area contributed by atoms with Crippen LogP contribution in [0, 0.1) is 5.92 Å². The van der Waals surface area contributed by atoms with E-state index in [4.69, 9.17) is 19.4 Å². The Hall–Kier alpha value is -3.30. The summed E-state index contributed by atoms with van der Waals surface area (Å²) in [6.45, 7) is 4.35. The molecule has 4 rings (SSSR count). The summed E-state index contributed by atoms with van der Waals surface area (Å²) < 4.78 is 11.6. The molecule has 4 N–H and O–H groups in total. The fraction of sp³-hybridized carbons (Fsp3) is 0.440. The summed E-state index contributed by atoms with van der Waals surface area (Å²) in [5.74, 6) is 1.29. The second-order valence-corrected chi connectivity index (χ2v) is 8.54. The molecule has 0 spiro atoms. The van der Waals surface area contributed by atoms with Crippen LogP contribution in [0.15, 0.2) is 42.5 Å². The molecular formula is C25H32N2O7. The van der Waals surface area contributed by atoms with Gasteiger partial charge in [-0.2, -0.15) is 0 Å². The van der Waals surface area contributed by atoms with Crippen LogP contribution in [0.5, 0.6) is 17.2 Å². The van der Waals surface area contributed by atoms with Gasteiger partial charge >= 0.3 is 0 Å². The summed E-state index contributed by atoms with van der Waals surface area (Å²) >= 11 is 0. The molecule has 1 amide bonds. The molecule has 9 heteroatoms. The van der Waals surface area contributed by atoms with Gasteiger partial charge in [0.2, 0.25) is 5.91 Å². The van der Waals surface area contributed by atoms with E-state index in [0.717, 1.165) is 49.9 Å². The number of carboxylic acids is 1. The predicted octanol–water partition coefficient (Wildman–Crippen LogP) is 2.51. The first-order valence-corrected chi connectivity index (χ1v) is 11.4. The Bertz CT molecular complexity index is 952. The van der Waals surface area contributed by atoms with E-state index in [1.165, 1.54) is 0 Å². The predicted molar refractivity (Wildman–Crippen MR) is 126 cm³/mol. The van der Waals surface area contributed by atoms with Crippen LogP contribution in [0.3, 0.4) is 0 Å². The molecule has 0 saturated carbocycles. The van der Waals surface area contributed by atoms with E-state index in [9.17, 15) is 15.0 Å². The van der Waals surface area contributed by atoms with Crippen molar-refractivity contribution >= 4 is 17.6 Å². The molecule has 1 atom stereocenters. The summed E-state index contributed by atoms with van der Waals surface area (Å²) in [4.78, 5) is 22.8. The van der Waals surface area contributed by atoms with Crippen LogP contribution in [-0.2, 0) is 16.0 Å². The standard InChI is InChI=1S/C23H28N2O5.C2H4O2/c26-17-4-6-19(7-5-17)29-14-16-8-10-25(11-9-16)13-18(27)15-30-22-3-1-2-21-20(22)12-23(28)24-21;1-2(3)4/h1-7,16,18,26-27H,8-15H2,(H,24,28);1H3,(H,3,4). The summed E-state index contributed by atoms with van der Waals surface area (Å²) in [5, 5.41) is 30.0. The number of rotatable bonds is 8. The molecule has 184 valence electrons. The first-order valence-electron chi connectivity index (χ1n) is 11.4. The molecule has 1 saturated heterocycles. The number of benzene rings is 2. The second kappa shape index (κ2) is 12.2. The fourth-order valence-corrected chi connectivity index (χ4v) is 3.98. The number of hydrogen-bond acceptors (Lipinski definition) is 7. The minimum atomic E-state index is -0.833. The van der Waals surface area contributed by atoms with E-state index in [-0.39, 0.29) is 18.3 Å². The lowest BCUT2D eigenvalue weighted by atomic mass is 9.97. The maximum Gasteiger partial charge on any atom is 0.300 e. The molecule has 2 heterocycles. The molecule has 0 aliphatic carbocycles. The molecule has 0 aromatic heterocycles. The van der Waals surface area contributed by atoms with Crippen molar-refractivity contribution in [2.75, 3.05) is 38.2 Å². The van der Waals surface area contributed by atoms with Gasteiger partial charge in [-0.1, -0.05) is 6.07 Å². The van der Waals surface area contributed by atoms with Gasteiger partial charge in [0.1, 0.15) is 30.0 Å². The highest BCUT2D eigenvalue weighted by atomic mass is 16.5. The van der Waals surface area contributed by atoms with E-state index in [2.05, 4.69) is 10.2 Å². The second-order valence-electron chi connectivity index (χ2n) is 8.54. The third-order valence-corrected chi connectivity index (χ3v) is 5.67. The number of β-amino-alcohol motifs (C(OH)–C–C–N with tert-alkyl or cyclic N) is 1. The molecule has 0 bridgehead atoms. The zero-order valence-electron chi connectivity index (χ0n) is 19.3. The van der Waals surface area contributed by atoms with E-state index < -0.39 is 12.1 Å². The number of piperidine rings is 1. The normalized spacial score (nSPS) is 16.6. The fourth-order valence-electron chi connectivity index (χ4n) is 3.98. The van der Waals surface area contributed by atoms with Gasteiger partial charge in [-0.05, 0) is 68.2 Å². The highest BCUT2D eigenvalue weighted by Gasteiger charge is 2.24. The maximum atomic E-state index is 11.6. The van der Waals surface area contributed by atoms with Crippen LogP contribution in [0.4, 0.5) is 5.69 Å². The van der Waals surface area contributed by atoms with E-state index in [1.54, 1.807) is 24.3 Å². The Labute approximate surface area is 198 Å². The largest absolute Gasteiger partial charge is 0.508 e. The van der Waals surface area contributed by atoms with Crippen molar-refractivity contribution in [2.24, 2.45) is 5.92 Å². The van der Waals surface area contributed by atoms with Crippen LogP contribution in [0.2, 0.25) is 0 Å². The first kappa shape index (κ1) is 25.3. The zero-order valence-corrected chi connectivity index (χ0v) is 19.3. The van der Waals surface area contributed by atoms with Gasteiger partial charge in [0.25, 0.3) is 5.97 Å². The van der Waals surface area contributed by atoms with E-state index in [0.29, 0.717) is 31.2 Å². The number of likely N-dealkylation sites (tertiary alicyclic amines) is 1. The third kappa shape index (κ3) is 7.93. The lowest BCUT2D eigenvalue weighted by Crippen LogP contribution is -2.41. The summed E-state index contributed by atoms with van der Waals surface area (Å²) in [5.41, 5.74) is 1.66. The van der Waals surface area contributed by atoms with Gasteiger partial charge in [0.15, 0.2) is 0 Å². The average molecular weight is 473 g/mol. The van der Waals surface area contributed by atoms with Crippen molar-refractivity contribution in [3.63, 3.8) is 0 Å². The average Bonchev–Trinajstić information content (AvgIpc) is 3.19. The molecular weight excluding hydrogens is 440 g/mol. The van der Waals surface area contributed by atoms with Gasteiger partial charge in [-0.25, -0.2) is 0 Å². The monoisotopic (exact) mass is 472 g/mol. The highest BCUT2D eigenvalue weighted by molar-refractivity contribution is 6.00. The van der Waals surface area contributed by atoms with Crippen molar-refractivity contribution in [3.8, 4) is 17.2 Å². The van der Waals surface area contributed by atoms with Gasteiger partial charge in [0, 0.05) is 24.7 Å². The SMILES string of the molecule is CC(=O)O.O=C1Cc2c(cccc2OCC(O)CN2CCC(COc3ccc(O)cc3)CC2)N1. The number of carbonyl (C=O) groups is 2. The molecule has 2 aliphatic rings. The number of anilines is 1. The number of aliphatic hydroxyl groups excluding tert-OH is 1. The van der Waals surface area contributed by atoms with Gasteiger partial charge in [-0.15, -0.1) is 0 Å². The van der Waals surface area contributed by atoms with Crippen LogP contribution in [0.1, 0.15) is 25.3 Å². The molecule has 34 heavy (non-hydrogen) atoms. The van der Waals surface area contributed by atoms with Gasteiger partial charge < -0.3 is 35.0 Å². The lowest BCUT2D eigenvalue weighted by Gasteiger charge is -2.33. The third-order valence-electron chi connectivity index (χ3n) is 5.67. The summed E-state index contributed by atoms with van der Waals surface area (Å²) in [6, 6.07) is 12.3. The number of ether oxygens (including phenoxy) is 2. The Kier molecular flexibility index (Phi) is 9.12. The molecule has 1 unspecified atom stereocenters. The van der Waals surface area contributed by atoms with Crippen molar-refractivity contribution in [1.29, 1.82) is 0 Å². The minimum absolute atomic E-state index is 0.0288. The maximum absolute atomic E-state index is 11.6. The number of aliphatic hydroxyl groups is 1. The van der Waals surface area contributed by atoms with Crippen LogP contribution >= 0.6 is 0 Å². The summed E-state index contributed by atoms with van der Waals surface area (Å²) in [6.07, 6.45) is 1.77. The minimum Gasteiger partial charge on any atom is -0.508 e. The molecule has 1 fully saturated rings. The molecule has 0 radical (unpaired) electrons. The van der Waals surface area contributed by atoms with Crippen LogP contribution in [-0.4, -0.2) is 71.0 Å². The number of carboxylic acid groups (broad SMARTS) is 1. The van der Waals surface area contributed by atoms with Crippen molar-refractivity contribution < 1.29 is 34.4 Å². The Morgan fingerprint density at radius 3 is 2.50 bits per heavy atom. The highest BCUT2D eigenvalue weighted by Crippen LogP contribution is 2.31. The Balaban J connectivity index is 0.000000751. The number of nitrogens with zero attached hydrogens (tertiary/aromatic N) is 1. The Morgan fingerprint density at radius 2 is 1.82 bits per heavy atom. The number of fused-ring (bicyclic) bond motifs is 1. The number of amides is 1. The molecule has 9 nitrogen and oxygen atoms in total. The molecule has 2 aromatic carbocycles.